The quantitative estimate of drug-likeness (QED) is 0.409. The van der Waals surface area contributed by atoms with Crippen LogP contribution in [0.25, 0.3) is 11.3 Å². The minimum Gasteiger partial charge on any atom is -0.496 e. The van der Waals surface area contributed by atoms with Gasteiger partial charge in [0.15, 0.2) is 5.69 Å². The van der Waals surface area contributed by atoms with Crippen molar-refractivity contribution in [2.75, 3.05) is 27.8 Å². The highest BCUT2D eigenvalue weighted by atomic mass is 16.5. The molecule has 200 valence electrons. The van der Waals surface area contributed by atoms with Crippen LogP contribution in [0.4, 0.5) is 0 Å². The van der Waals surface area contributed by atoms with Crippen LogP contribution in [0.5, 0.6) is 11.5 Å². The Morgan fingerprint density at radius 2 is 1.69 bits per heavy atom. The van der Waals surface area contributed by atoms with Gasteiger partial charge in [-0.2, -0.15) is 5.10 Å². The number of benzene rings is 1. The first-order valence-corrected chi connectivity index (χ1v) is 12.9. The molecule has 2 amide bonds. The lowest BCUT2D eigenvalue weighted by Crippen LogP contribution is -2.40. The van der Waals surface area contributed by atoms with Crippen LogP contribution in [-0.4, -0.2) is 60.3 Å². The number of amides is 2. The summed E-state index contributed by atoms with van der Waals surface area (Å²) in [5, 5.41) is 7.82. The lowest BCUT2D eigenvalue weighted by atomic mass is 10.00. The fraction of sp³-hybridized carbons (Fsp3) is 0.607. The van der Waals surface area contributed by atoms with Gasteiger partial charge in [0, 0.05) is 26.1 Å². The van der Waals surface area contributed by atoms with Crippen LogP contribution in [-0.2, 0) is 4.79 Å². The SMILES string of the molecule is CCCN(C)C(=O)CC(CC(C)C)NC(=O)c1cc(-c2c(OC)cccc2OC)n(C(C)C(C)C)n1. The van der Waals surface area contributed by atoms with E-state index < -0.39 is 0 Å². The summed E-state index contributed by atoms with van der Waals surface area (Å²) in [5.41, 5.74) is 1.79. The van der Waals surface area contributed by atoms with Crippen molar-refractivity contribution in [1.82, 2.24) is 20.0 Å². The van der Waals surface area contributed by atoms with Crippen LogP contribution in [0.3, 0.4) is 0 Å². The smallest absolute Gasteiger partial charge is 0.272 e. The molecule has 0 bridgehead atoms. The van der Waals surface area contributed by atoms with Gasteiger partial charge < -0.3 is 19.7 Å². The van der Waals surface area contributed by atoms with E-state index in [-0.39, 0.29) is 36.2 Å². The minimum absolute atomic E-state index is 0.0203. The predicted molar refractivity (Wildman–Crippen MR) is 144 cm³/mol. The van der Waals surface area contributed by atoms with E-state index in [9.17, 15) is 9.59 Å². The Morgan fingerprint density at radius 3 is 2.19 bits per heavy atom. The molecule has 1 aromatic carbocycles. The van der Waals surface area contributed by atoms with Crippen molar-refractivity contribution in [3.05, 3.63) is 30.0 Å². The van der Waals surface area contributed by atoms with Crippen molar-refractivity contribution >= 4 is 11.8 Å². The average Bonchev–Trinajstić information content (AvgIpc) is 3.27. The molecule has 2 atom stereocenters. The van der Waals surface area contributed by atoms with Crippen LogP contribution < -0.4 is 14.8 Å². The molecule has 1 aromatic heterocycles. The second-order valence-corrected chi connectivity index (χ2v) is 10.2. The molecule has 0 fully saturated rings. The third kappa shape index (κ3) is 7.24. The van der Waals surface area contributed by atoms with Gasteiger partial charge in [0.2, 0.25) is 5.91 Å². The molecule has 8 heteroatoms. The number of methoxy groups -OCH3 is 2. The zero-order chi connectivity index (χ0) is 27.0. The molecule has 0 saturated heterocycles. The van der Waals surface area contributed by atoms with Crippen LogP contribution in [0.15, 0.2) is 24.3 Å². The number of nitrogens with one attached hydrogen (secondary N) is 1. The largest absolute Gasteiger partial charge is 0.496 e. The molecule has 1 heterocycles. The van der Waals surface area contributed by atoms with Crippen LogP contribution in [0, 0.1) is 11.8 Å². The Hall–Kier alpha value is -3.03. The molecule has 0 aliphatic heterocycles. The standard InChI is InChI=1S/C28H44N4O4/c1-10-14-31(7)26(33)16-21(15-18(2)3)29-28(34)22-17-23(32(30-22)20(6)19(4)5)27-24(35-8)12-11-13-25(27)36-9/h11-13,17-21H,10,14-16H2,1-9H3,(H,29,34). The van der Waals surface area contributed by atoms with E-state index in [0.29, 0.717) is 36.1 Å². The maximum atomic E-state index is 13.4. The highest BCUT2D eigenvalue weighted by Gasteiger charge is 2.27. The van der Waals surface area contributed by atoms with Crippen LogP contribution in [0.2, 0.25) is 0 Å². The average molecular weight is 501 g/mol. The fourth-order valence-electron chi connectivity index (χ4n) is 4.24. The number of nitrogens with zero attached hydrogens (tertiary/aromatic N) is 3. The highest BCUT2D eigenvalue weighted by molar-refractivity contribution is 5.94. The first-order valence-electron chi connectivity index (χ1n) is 12.9. The van der Waals surface area contributed by atoms with Crippen molar-refractivity contribution < 1.29 is 19.1 Å². The normalized spacial score (nSPS) is 13.0. The van der Waals surface area contributed by atoms with E-state index in [2.05, 4.69) is 39.9 Å². The lowest BCUT2D eigenvalue weighted by molar-refractivity contribution is -0.130. The Balaban J connectivity index is 2.46. The van der Waals surface area contributed by atoms with Crippen molar-refractivity contribution in [2.45, 2.75) is 72.9 Å². The van der Waals surface area contributed by atoms with E-state index in [1.807, 2.05) is 36.9 Å². The molecule has 36 heavy (non-hydrogen) atoms. The van der Waals surface area contributed by atoms with Crippen molar-refractivity contribution in [2.24, 2.45) is 11.8 Å². The summed E-state index contributed by atoms with van der Waals surface area (Å²) < 4.78 is 13.1. The highest BCUT2D eigenvalue weighted by Crippen LogP contribution is 2.40. The Labute approximate surface area is 216 Å². The molecule has 2 unspecified atom stereocenters. The van der Waals surface area contributed by atoms with Gasteiger partial charge in [-0.3, -0.25) is 14.3 Å². The van der Waals surface area contributed by atoms with Gasteiger partial charge in [-0.1, -0.05) is 40.7 Å². The third-order valence-electron chi connectivity index (χ3n) is 6.50. The molecule has 0 aliphatic rings. The van der Waals surface area contributed by atoms with Crippen molar-refractivity contribution in [1.29, 1.82) is 0 Å². The number of hydrogen-bond donors (Lipinski definition) is 1. The Morgan fingerprint density at radius 1 is 1.08 bits per heavy atom. The number of aromatic nitrogens is 2. The molecule has 0 aliphatic carbocycles. The van der Waals surface area contributed by atoms with Crippen molar-refractivity contribution in [3.63, 3.8) is 0 Å². The zero-order valence-electron chi connectivity index (χ0n) is 23.4. The first-order chi connectivity index (χ1) is 17.0. The molecular weight excluding hydrogens is 456 g/mol. The van der Waals surface area contributed by atoms with Gasteiger partial charge in [0.05, 0.1) is 31.5 Å². The summed E-state index contributed by atoms with van der Waals surface area (Å²) >= 11 is 0. The van der Waals surface area contributed by atoms with E-state index in [4.69, 9.17) is 14.6 Å². The van der Waals surface area contributed by atoms with Crippen molar-refractivity contribution in [3.8, 4) is 22.8 Å². The topological polar surface area (TPSA) is 85.7 Å². The van der Waals surface area contributed by atoms with Gasteiger partial charge in [-0.25, -0.2) is 0 Å². The maximum Gasteiger partial charge on any atom is 0.272 e. The van der Waals surface area contributed by atoms with Gasteiger partial charge >= 0.3 is 0 Å². The summed E-state index contributed by atoms with van der Waals surface area (Å²) in [5.74, 6) is 1.62. The summed E-state index contributed by atoms with van der Waals surface area (Å²) in [4.78, 5) is 27.9. The first kappa shape index (κ1) is 29.2. The summed E-state index contributed by atoms with van der Waals surface area (Å²) in [6, 6.07) is 7.13. The van der Waals surface area contributed by atoms with Crippen LogP contribution >= 0.6 is 0 Å². The Kier molecular flexibility index (Phi) is 10.8. The summed E-state index contributed by atoms with van der Waals surface area (Å²) in [7, 11) is 5.03. The molecule has 0 radical (unpaired) electrons. The number of carbonyl (C=O) groups is 2. The zero-order valence-corrected chi connectivity index (χ0v) is 23.4. The second-order valence-electron chi connectivity index (χ2n) is 10.2. The number of ether oxygens (including phenoxy) is 2. The summed E-state index contributed by atoms with van der Waals surface area (Å²) in [6.07, 6.45) is 1.86. The van der Waals surface area contributed by atoms with E-state index >= 15 is 0 Å². The lowest BCUT2D eigenvalue weighted by Gasteiger charge is -2.23. The molecule has 8 nitrogen and oxygen atoms in total. The van der Waals surface area contributed by atoms with E-state index in [1.165, 1.54) is 0 Å². The molecule has 2 aromatic rings. The van der Waals surface area contributed by atoms with Gasteiger partial charge in [-0.15, -0.1) is 0 Å². The monoisotopic (exact) mass is 500 g/mol. The molecular formula is C28H44N4O4. The molecule has 2 rings (SSSR count). The van der Waals surface area contributed by atoms with Gasteiger partial charge in [0.25, 0.3) is 5.91 Å². The third-order valence-corrected chi connectivity index (χ3v) is 6.50. The summed E-state index contributed by atoms with van der Waals surface area (Å²) in [6.45, 7) is 13.2. The second kappa shape index (κ2) is 13.3. The number of hydrogen-bond acceptors (Lipinski definition) is 5. The van der Waals surface area contributed by atoms with Gasteiger partial charge in [-0.05, 0) is 49.8 Å². The maximum absolute atomic E-state index is 13.4. The minimum atomic E-state index is -0.295. The Bertz CT molecular complexity index is 993. The van der Waals surface area contributed by atoms with Gasteiger partial charge in [0.1, 0.15) is 11.5 Å². The number of carbonyl (C=O) groups excluding carboxylic acids is 2. The molecule has 0 saturated carbocycles. The van der Waals surface area contributed by atoms with E-state index in [0.717, 1.165) is 17.7 Å². The fourth-order valence-corrected chi connectivity index (χ4v) is 4.24. The van der Waals surface area contributed by atoms with E-state index in [1.54, 1.807) is 25.2 Å². The predicted octanol–water partition coefficient (Wildman–Crippen LogP) is 5.19. The molecule has 0 spiro atoms. The molecule has 1 N–H and O–H groups in total. The number of rotatable bonds is 13. The van der Waals surface area contributed by atoms with Crippen LogP contribution in [0.1, 0.15) is 77.3 Å².